The number of carbonyl (C=O) groups is 1. The van der Waals surface area contributed by atoms with Gasteiger partial charge in [-0.2, -0.15) is 0 Å². The van der Waals surface area contributed by atoms with Gasteiger partial charge in [-0.05, 0) is 25.0 Å². The third kappa shape index (κ3) is 4.24. The van der Waals surface area contributed by atoms with E-state index >= 15 is 0 Å². The van der Waals surface area contributed by atoms with E-state index in [1.807, 2.05) is 13.8 Å². The summed E-state index contributed by atoms with van der Waals surface area (Å²) in [5.41, 5.74) is -0.266. The van der Waals surface area contributed by atoms with Gasteiger partial charge in [0.25, 0.3) is 5.56 Å². The Morgan fingerprint density at radius 3 is 2.83 bits per heavy atom. The number of hydrogen-bond donors (Lipinski definition) is 1. The normalized spacial score (nSPS) is 10.1. The Balaban J connectivity index is 2.71. The van der Waals surface area contributed by atoms with Crippen LogP contribution < -0.4 is 15.6 Å². The van der Waals surface area contributed by atoms with E-state index in [2.05, 4.69) is 5.32 Å². The van der Waals surface area contributed by atoms with Crippen molar-refractivity contribution in [1.82, 2.24) is 9.88 Å². The lowest BCUT2D eigenvalue weighted by Crippen LogP contribution is -2.32. The van der Waals surface area contributed by atoms with Crippen LogP contribution in [-0.4, -0.2) is 23.6 Å². The summed E-state index contributed by atoms with van der Waals surface area (Å²) in [7, 11) is 0. The predicted molar refractivity (Wildman–Crippen MR) is 69.8 cm³/mol. The van der Waals surface area contributed by atoms with Gasteiger partial charge in [-0.25, -0.2) is 0 Å². The van der Waals surface area contributed by atoms with Gasteiger partial charge in [-0.3, -0.25) is 9.59 Å². The third-order valence-corrected chi connectivity index (χ3v) is 2.33. The Bertz CT molecular complexity index is 440. The second-order valence-electron chi connectivity index (χ2n) is 4.00. The van der Waals surface area contributed by atoms with Crippen molar-refractivity contribution in [2.45, 2.75) is 33.2 Å². The SMILES string of the molecule is CCCNC(=O)Cn1cccc(OCCC)c1=O. The largest absolute Gasteiger partial charge is 0.488 e. The van der Waals surface area contributed by atoms with Gasteiger partial charge < -0.3 is 14.6 Å². The van der Waals surface area contributed by atoms with Crippen LogP contribution in [0, 0.1) is 0 Å². The van der Waals surface area contributed by atoms with Crippen LogP contribution in [0.1, 0.15) is 26.7 Å². The number of hydrogen-bond acceptors (Lipinski definition) is 3. The van der Waals surface area contributed by atoms with Crippen molar-refractivity contribution in [1.29, 1.82) is 0 Å². The minimum atomic E-state index is -0.266. The van der Waals surface area contributed by atoms with Gasteiger partial charge in [0, 0.05) is 12.7 Å². The van der Waals surface area contributed by atoms with Crippen LogP contribution in [0.15, 0.2) is 23.1 Å². The molecule has 0 saturated carbocycles. The van der Waals surface area contributed by atoms with E-state index in [9.17, 15) is 9.59 Å². The quantitative estimate of drug-likeness (QED) is 0.792. The minimum Gasteiger partial charge on any atom is -0.488 e. The zero-order valence-electron chi connectivity index (χ0n) is 10.9. The molecule has 5 nitrogen and oxygen atoms in total. The topological polar surface area (TPSA) is 60.3 Å². The average molecular weight is 252 g/mol. The van der Waals surface area contributed by atoms with Crippen molar-refractivity contribution in [3.63, 3.8) is 0 Å². The van der Waals surface area contributed by atoms with Crippen molar-refractivity contribution >= 4 is 5.91 Å². The summed E-state index contributed by atoms with van der Waals surface area (Å²) >= 11 is 0. The highest BCUT2D eigenvalue weighted by Gasteiger charge is 2.07. The molecular weight excluding hydrogens is 232 g/mol. The summed E-state index contributed by atoms with van der Waals surface area (Å²) in [5.74, 6) is 0.134. The van der Waals surface area contributed by atoms with E-state index in [1.165, 1.54) is 4.57 Å². The summed E-state index contributed by atoms with van der Waals surface area (Å²) in [6, 6.07) is 3.33. The summed E-state index contributed by atoms with van der Waals surface area (Å²) in [6.45, 7) is 5.11. The Morgan fingerprint density at radius 1 is 1.39 bits per heavy atom. The number of ether oxygens (including phenoxy) is 1. The average Bonchev–Trinajstić information content (AvgIpc) is 2.37. The molecule has 0 atom stereocenters. The molecular formula is C13H20N2O3. The Hall–Kier alpha value is -1.78. The summed E-state index contributed by atoms with van der Waals surface area (Å²) < 4.78 is 6.68. The number of nitrogens with zero attached hydrogens (tertiary/aromatic N) is 1. The molecule has 1 amide bonds. The number of nitrogens with one attached hydrogen (secondary N) is 1. The molecule has 100 valence electrons. The van der Waals surface area contributed by atoms with Gasteiger partial charge in [0.15, 0.2) is 5.75 Å². The van der Waals surface area contributed by atoms with Crippen LogP contribution in [0.5, 0.6) is 5.75 Å². The van der Waals surface area contributed by atoms with E-state index in [-0.39, 0.29) is 18.0 Å². The summed E-state index contributed by atoms with van der Waals surface area (Å²) in [4.78, 5) is 23.5. The van der Waals surface area contributed by atoms with E-state index in [4.69, 9.17) is 4.74 Å². The molecule has 1 rings (SSSR count). The lowest BCUT2D eigenvalue weighted by atomic mass is 10.4. The molecule has 1 aromatic heterocycles. The molecule has 1 N–H and O–H groups in total. The number of carbonyl (C=O) groups excluding carboxylic acids is 1. The smallest absolute Gasteiger partial charge is 0.293 e. The van der Waals surface area contributed by atoms with E-state index in [1.54, 1.807) is 18.3 Å². The van der Waals surface area contributed by atoms with Crippen molar-refractivity contribution < 1.29 is 9.53 Å². The van der Waals surface area contributed by atoms with E-state index in [0.717, 1.165) is 12.8 Å². The summed E-state index contributed by atoms with van der Waals surface area (Å²) in [5, 5.41) is 2.73. The Labute approximate surface area is 107 Å². The molecule has 18 heavy (non-hydrogen) atoms. The molecule has 0 aliphatic heterocycles. The van der Waals surface area contributed by atoms with Crippen LogP contribution in [0.4, 0.5) is 0 Å². The molecule has 0 radical (unpaired) electrons. The van der Waals surface area contributed by atoms with Crippen molar-refractivity contribution in [3.8, 4) is 5.75 Å². The van der Waals surface area contributed by atoms with Gasteiger partial charge in [0.2, 0.25) is 5.91 Å². The molecule has 1 heterocycles. The highest BCUT2D eigenvalue weighted by Crippen LogP contribution is 2.02. The zero-order valence-corrected chi connectivity index (χ0v) is 10.9. The van der Waals surface area contributed by atoms with Crippen LogP contribution in [0.25, 0.3) is 0 Å². The highest BCUT2D eigenvalue weighted by atomic mass is 16.5. The first-order valence-corrected chi connectivity index (χ1v) is 6.28. The second kappa shape index (κ2) is 7.53. The standard InChI is InChI=1S/C13H20N2O3/c1-3-7-14-12(16)10-15-8-5-6-11(13(15)17)18-9-4-2/h5-6,8H,3-4,7,9-10H2,1-2H3,(H,14,16). The fourth-order valence-electron chi connectivity index (χ4n) is 1.44. The van der Waals surface area contributed by atoms with Crippen LogP contribution >= 0.6 is 0 Å². The van der Waals surface area contributed by atoms with E-state index in [0.29, 0.717) is 18.9 Å². The first-order valence-electron chi connectivity index (χ1n) is 6.28. The van der Waals surface area contributed by atoms with Gasteiger partial charge in [-0.1, -0.05) is 13.8 Å². The molecule has 5 heteroatoms. The molecule has 0 fully saturated rings. The van der Waals surface area contributed by atoms with Crippen molar-refractivity contribution in [2.75, 3.05) is 13.2 Å². The molecule has 0 bridgehead atoms. The first kappa shape index (κ1) is 14.3. The van der Waals surface area contributed by atoms with Crippen LogP contribution in [0.2, 0.25) is 0 Å². The monoisotopic (exact) mass is 252 g/mol. The molecule has 0 saturated heterocycles. The molecule has 1 aromatic rings. The van der Waals surface area contributed by atoms with Gasteiger partial charge >= 0.3 is 0 Å². The fraction of sp³-hybridized carbons (Fsp3) is 0.538. The van der Waals surface area contributed by atoms with Crippen LogP contribution in [-0.2, 0) is 11.3 Å². The van der Waals surface area contributed by atoms with Crippen LogP contribution in [0.3, 0.4) is 0 Å². The number of amides is 1. The molecule has 0 aliphatic rings. The molecule has 0 aromatic carbocycles. The zero-order chi connectivity index (χ0) is 13.4. The fourth-order valence-corrected chi connectivity index (χ4v) is 1.44. The maximum Gasteiger partial charge on any atom is 0.293 e. The lowest BCUT2D eigenvalue weighted by Gasteiger charge is -2.09. The highest BCUT2D eigenvalue weighted by molar-refractivity contribution is 5.75. The van der Waals surface area contributed by atoms with E-state index < -0.39 is 0 Å². The third-order valence-electron chi connectivity index (χ3n) is 2.33. The Kier molecular flexibility index (Phi) is 5.97. The minimum absolute atomic E-state index is 0.0299. The van der Waals surface area contributed by atoms with Gasteiger partial charge in [-0.15, -0.1) is 0 Å². The summed E-state index contributed by atoms with van der Waals surface area (Å²) in [6.07, 6.45) is 3.30. The first-order chi connectivity index (χ1) is 8.69. The number of pyridine rings is 1. The predicted octanol–water partition coefficient (Wildman–Crippen LogP) is 1.16. The van der Waals surface area contributed by atoms with Gasteiger partial charge in [0.05, 0.1) is 6.61 Å². The van der Waals surface area contributed by atoms with Gasteiger partial charge in [0.1, 0.15) is 6.54 Å². The molecule has 0 aliphatic carbocycles. The van der Waals surface area contributed by atoms with Crippen molar-refractivity contribution in [3.05, 3.63) is 28.7 Å². The number of rotatable bonds is 7. The maximum atomic E-state index is 11.9. The lowest BCUT2D eigenvalue weighted by molar-refractivity contribution is -0.121. The van der Waals surface area contributed by atoms with Crippen molar-refractivity contribution in [2.24, 2.45) is 0 Å². The Morgan fingerprint density at radius 2 is 2.17 bits per heavy atom. The maximum absolute atomic E-state index is 11.9. The second-order valence-corrected chi connectivity index (χ2v) is 4.00. The molecule has 0 spiro atoms. The molecule has 0 unspecified atom stereocenters. The number of aromatic nitrogens is 1.